The summed E-state index contributed by atoms with van der Waals surface area (Å²) in [6.07, 6.45) is 5.22. The Labute approximate surface area is 137 Å². The van der Waals surface area contributed by atoms with E-state index in [9.17, 15) is 10.1 Å². The van der Waals surface area contributed by atoms with Crippen molar-refractivity contribution in [2.45, 2.75) is 23.7 Å². The van der Waals surface area contributed by atoms with Crippen LogP contribution in [0.25, 0.3) is 0 Å². The Kier molecular flexibility index (Phi) is 5.09. The third-order valence-electron chi connectivity index (χ3n) is 3.59. The van der Waals surface area contributed by atoms with Crippen molar-refractivity contribution in [1.29, 1.82) is 0 Å². The Bertz CT molecular complexity index is 596. The predicted octanol–water partition coefficient (Wildman–Crippen LogP) is 4.23. The lowest BCUT2D eigenvalue weighted by atomic mass is 9.89. The minimum absolute atomic E-state index is 0.0485. The molecule has 2 atom stereocenters. The Morgan fingerprint density at radius 2 is 2.29 bits per heavy atom. The SMILES string of the molecule is CNC(CC1C=CC(Cl)(Cl)C=C1[N+](=O)[O-])c1ccsc1C. The van der Waals surface area contributed by atoms with Gasteiger partial charge >= 0.3 is 0 Å². The van der Waals surface area contributed by atoms with Gasteiger partial charge in [0.2, 0.25) is 0 Å². The summed E-state index contributed by atoms with van der Waals surface area (Å²) < 4.78 is -1.30. The van der Waals surface area contributed by atoms with Gasteiger partial charge in [0, 0.05) is 17.0 Å². The van der Waals surface area contributed by atoms with Gasteiger partial charge in [0.1, 0.15) is 0 Å². The molecule has 114 valence electrons. The molecule has 2 rings (SSSR count). The lowest BCUT2D eigenvalue weighted by molar-refractivity contribution is -0.433. The summed E-state index contributed by atoms with van der Waals surface area (Å²) in [6.45, 7) is 2.05. The molecule has 7 heteroatoms. The van der Waals surface area contributed by atoms with Gasteiger partial charge in [-0.05, 0) is 43.5 Å². The summed E-state index contributed by atoms with van der Waals surface area (Å²) in [6, 6.07) is 2.10. The number of nitrogens with zero attached hydrogens (tertiary/aromatic N) is 1. The van der Waals surface area contributed by atoms with Crippen LogP contribution in [0.1, 0.15) is 22.9 Å². The zero-order chi connectivity index (χ0) is 15.6. The first-order valence-electron chi connectivity index (χ1n) is 6.49. The number of rotatable bonds is 5. The number of hydrogen-bond acceptors (Lipinski definition) is 4. The van der Waals surface area contributed by atoms with Crippen molar-refractivity contribution in [3.8, 4) is 0 Å². The van der Waals surface area contributed by atoms with Gasteiger partial charge in [-0.25, -0.2) is 0 Å². The molecule has 1 aliphatic rings. The smallest absolute Gasteiger partial charge is 0.252 e. The summed E-state index contributed by atoms with van der Waals surface area (Å²) in [4.78, 5) is 12.1. The fourth-order valence-corrected chi connectivity index (χ4v) is 3.63. The molecule has 1 aromatic rings. The lowest BCUT2D eigenvalue weighted by Gasteiger charge is -2.24. The minimum Gasteiger partial charge on any atom is -0.313 e. The van der Waals surface area contributed by atoms with Crippen molar-refractivity contribution in [3.63, 3.8) is 0 Å². The van der Waals surface area contributed by atoms with Crippen LogP contribution in [0.15, 0.2) is 35.4 Å². The number of nitro groups is 1. The fraction of sp³-hybridized carbons (Fsp3) is 0.429. The number of nitrogens with one attached hydrogen (secondary N) is 1. The number of hydrogen-bond donors (Lipinski definition) is 1. The molecule has 2 unspecified atom stereocenters. The Hall–Kier alpha value is -0.880. The second-order valence-corrected chi connectivity index (χ2v) is 7.54. The molecular weight excluding hydrogens is 331 g/mol. The highest BCUT2D eigenvalue weighted by atomic mass is 35.5. The predicted molar refractivity (Wildman–Crippen MR) is 87.6 cm³/mol. The van der Waals surface area contributed by atoms with E-state index in [0.29, 0.717) is 6.42 Å². The third kappa shape index (κ3) is 3.86. The molecule has 0 radical (unpaired) electrons. The van der Waals surface area contributed by atoms with E-state index in [1.807, 2.05) is 19.4 Å². The van der Waals surface area contributed by atoms with E-state index in [1.54, 1.807) is 23.5 Å². The lowest BCUT2D eigenvalue weighted by Crippen LogP contribution is -2.25. The van der Waals surface area contributed by atoms with Crippen LogP contribution in [0.5, 0.6) is 0 Å². The van der Waals surface area contributed by atoms with Gasteiger partial charge in [-0.3, -0.25) is 10.1 Å². The van der Waals surface area contributed by atoms with E-state index in [2.05, 4.69) is 11.4 Å². The minimum atomic E-state index is -1.30. The fourth-order valence-electron chi connectivity index (χ4n) is 2.49. The number of aryl methyl sites for hydroxylation is 1. The van der Waals surface area contributed by atoms with Crippen molar-refractivity contribution < 1.29 is 4.92 Å². The van der Waals surface area contributed by atoms with Crippen LogP contribution in [-0.4, -0.2) is 16.3 Å². The molecule has 1 aromatic heterocycles. The van der Waals surface area contributed by atoms with Crippen LogP contribution in [0.4, 0.5) is 0 Å². The standard InChI is InChI=1S/C14H16Cl2N2O2S/c1-9-11(4-6-21-9)12(17-2)7-10-3-5-14(15,16)8-13(10)18(19)20/h3-6,8,10,12,17H,7H2,1-2H3. The van der Waals surface area contributed by atoms with Crippen molar-refractivity contribution in [1.82, 2.24) is 5.32 Å². The first-order valence-corrected chi connectivity index (χ1v) is 8.13. The summed E-state index contributed by atoms with van der Waals surface area (Å²) in [7, 11) is 1.86. The third-order valence-corrected chi connectivity index (χ3v) is 4.93. The summed E-state index contributed by atoms with van der Waals surface area (Å²) >= 11 is 13.6. The molecule has 0 spiro atoms. The van der Waals surface area contributed by atoms with Crippen molar-refractivity contribution >= 4 is 34.5 Å². The zero-order valence-corrected chi connectivity index (χ0v) is 14.0. The summed E-state index contributed by atoms with van der Waals surface area (Å²) in [5.74, 6) is -0.317. The van der Waals surface area contributed by atoms with Crippen LogP contribution in [0, 0.1) is 23.0 Å². The second-order valence-electron chi connectivity index (χ2n) is 4.98. The average molecular weight is 347 g/mol. The molecule has 4 nitrogen and oxygen atoms in total. The van der Waals surface area contributed by atoms with E-state index in [1.165, 1.54) is 16.5 Å². The molecule has 1 aliphatic carbocycles. The molecule has 1 N–H and O–H groups in total. The monoisotopic (exact) mass is 346 g/mol. The van der Waals surface area contributed by atoms with Gasteiger partial charge in [-0.1, -0.05) is 29.3 Å². The summed E-state index contributed by atoms with van der Waals surface area (Å²) in [5.41, 5.74) is 1.22. The topological polar surface area (TPSA) is 55.2 Å². The van der Waals surface area contributed by atoms with Crippen LogP contribution < -0.4 is 5.32 Å². The van der Waals surface area contributed by atoms with Crippen LogP contribution in [-0.2, 0) is 0 Å². The molecule has 0 saturated carbocycles. The summed E-state index contributed by atoms with van der Waals surface area (Å²) in [5, 5.41) is 16.5. The van der Waals surface area contributed by atoms with Crippen LogP contribution in [0.3, 0.4) is 0 Å². The van der Waals surface area contributed by atoms with E-state index < -0.39 is 9.26 Å². The Morgan fingerprint density at radius 3 is 2.81 bits per heavy atom. The van der Waals surface area contributed by atoms with Crippen LogP contribution >= 0.6 is 34.5 Å². The van der Waals surface area contributed by atoms with E-state index >= 15 is 0 Å². The van der Waals surface area contributed by atoms with Crippen LogP contribution in [0.2, 0.25) is 0 Å². The molecular formula is C14H16Cl2N2O2S. The normalized spacial score (nSPS) is 21.9. The second kappa shape index (κ2) is 6.48. The Morgan fingerprint density at radius 1 is 1.57 bits per heavy atom. The van der Waals surface area contributed by atoms with Gasteiger partial charge in [-0.15, -0.1) is 11.3 Å². The van der Waals surface area contributed by atoms with Gasteiger partial charge < -0.3 is 5.32 Å². The zero-order valence-electron chi connectivity index (χ0n) is 11.7. The average Bonchev–Trinajstić information content (AvgIpc) is 2.83. The molecule has 0 amide bonds. The highest BCUT2D eigenvalue weighted by molar-refractivity contribution is 7.10. The largest absolute Gasteiger partial charge is 0.313 e. The molecule has 0 bridgehead atoms. The highest BCUT2D eigenvalue weighted by Gasteiger charge is 2.34. The molecule has 0 fully saturated rings. The molecule has 1 heterocycles. The maximum atomic E-state index is 11.2. The highest BCUT2D eigenvalue weighted by Crippen LogP contribution is 2.37. The number of alkyl halides is 2. The van der Waals surface area contributed by atoms with Gasteiger partial charge in [0.05, 0.1) is 10.8 Å². The number of thiophene rings is 1. The molecule has 21 heavy (non-hydrogen) atoms. The first-order chi connectivity index (χ1) is 9.84. The van der Waals surface area contributed by atoms with Crippen molar-refractivity contribution in [3.05, 3.63) is 55.9 Å². The van der Waals surface area contributed by atoms with Crippen molar-refractivity contribution in [2.24, 2.45) is 5.92 Å². The Balaban J connectivity index is 2.23. The van der Waals surface area contributed by atoms with Gasteiger partial charge in [0.15, 0.2) is 4.33 Å². The van der Waals surface area contributed by atoms with E-state index in [0.717, 1.165) is 0 Å². The quantitative estimate of drug-likeness (QED) is 0.375. The van der Waals surface area contributed by atoms with E-state index in [4.69, 9.17) is 23.2 Å². The van der Waals surface area contributed by atoms with E-state index in [-0.39, 0.29) is 17.7 Å². The van der Waals surface area contributed by atoms with Gasteiger partial charge in [0.25, 0.3) is 5.70 Å². The maximum Gasteiger partial charge on any atom is 0.252 e. The molecule has 0 saturated heterocycles. The number of halogens is 2. The molecule has 0 aromatic carbocycles. The van der Waals surface area contributed by atoms with Crippen molar-refractivity contribution in [2.75, 3.05) is 7.05 Å². The maximum absolute atomic E-state index is 11.2. The number of allylic oxidation sites excluding steroid dienone is 3. The molecule has 0 aliphatic heterocycles. The van der Waals surface area contributed by atoms with Gasteiger partial charge in [-0.2, -0.15) is 0 Å². The first kappa shape index (κ1) is 16.5.